The molecular formula is C29H33N5O4. The zero-order valence-electron chi connectivity index (χ0n) is 22.1. The molecule has 0 radical (unpaired) electrons. The summed E-state index contributed by atoms with van der Waals surface area (Å²) in [6.45, 7) is 4.55. The number of nitrogens with zero attached hydrogens (tertiary/aromatic N) is 4. The van der Waals surface area contributed by atoms with Crippen LogP contribution in [0.4, 0.5) is 5.69 Å². The molecule has 0 aliphatic heterocycles. The van der Waals surface area contributed by atoms with Crippen LogP contribution in [0.5, 0.6) is 11.5 Å². The maximum atomic E-state index is 14.1. The van der Waals surface area contributed by atoms with E-state index in [4.69, 9.17) is 9.47 Å². The first-order chi connectivity index (χ1) is 18.4. The first-order valence-electron chi connectivity index (χ1n) is 12.6. The molecular weight excluding hydrogens is 482 g/mol. The molecule has 1 N–H and O–H groups in total. The van der Waals surface area contributed by atoms with Crippen LogP contribution >= 0.6 is 0 Å². The molecule has 0 aliphatic rings. The Morgan fingerprint density at radius 1 is 0.947 bits per heavy atom. The fraction of sp³-hybridized carbons (Fsp3) is 0.310. The number of rotatable bonds is 11. The van der Waals surface area contributed by atoms with Gasteiger partial charge in [-0.15, -0.1) is 5.10 Å². The predicted molar refractivity (Wildman–Crippen MR) is 146 cm³/mol. The SMILES string of the molecule is COc1cccc([C@H](C(=O)NCCC(C)C)N(C(=O)Cn2nnc3ccccc32)c2ccccc2)c1OC. The zero-order valence-corrected chi connectivity index (χ0v) is 22.1. The highest BCUT2D eigenvalue weighted by Gasteiger charge is 2.36. The van der Waals surface area contributed by atoms with E-state index in [0.717, 1.165) is 11.9 Å². The first kappa shape index (κ1) is 26.7. The number of ether oxygens (including phenoxy) is 2. The van der Waals surface area contributed by atoms with Crippen molar-refractivity contribution in [2.24, 2.45) is 5.92 Å². The Balaban J connectivity index is 1.82. The maximum Gasteiger partial charge on any atom is 0.249 e. The number of hydrogen-bond donors (Lipinski definition) is 1. The Bertz CT molecular complexity index is 1390. The standard InChI is InChI=1S/C29H33N5O4/c1-20(2)17-18-30-29(36)27(22-13-10-16-25(37-3)28(22)38-4)34(21-11-6-5-7-12-21)26(35)19-33-24-15-9-8-14-23(24)31-32-33/h5-16,20,27H,17-19H2,1-4H3,(H,30,36)/t27-/m1/s1. The molecule has 1 atom stereocenters. The predicted octanol–water partition coefficient (Wildman–Crippen LogP) is 4.39. The van der Waals surface area contributed by atoms with Crippen molar-refractivity contribution in [3.8, 4) is 11.5 Å². The van der Waals surface area contributed by atoms with Gasteiger partial charge in [0.15, 0.2) is 11.5 Å². The Kier molecular flexibility index (Phi) is 8.58. The van der Waals surface area contributed by atoms with Crippen molar-refractivity contribution < 1.29 is 19.1 Å². The van der Waals surface area contributed by atoms with Gasteiger partial charge in [-0.2, -0.15) is 0 Å². The molecule has 0 fully saturated rings. The van der Waals surface area contributed by atoms with E-state index in [9.17, 15) is 9.59 Å². The topological polar surface area (TPSA) is 98.6 Å². The molecule has 9 heteroatoms. The smallest absolute Gasteiger partial charge is 0.249 e. The molecule has 1 heterocycles. The number of fused-ring (bicyclic) bond motifs is 1. The molecule has 2 amide bonds. The zero-order chi connectivity index (χ0) is 27.1. The second kappa shape index (κ2) is 12.2. The van der Waals surface area contributed by atoms with E-state index in [2.05, 4.69) is 29.5 Å². The molecule has 1 aromatic heterocycles. The molecule has 4 rings (SSSR count). The van der Waals surface area contributed by atoms with E-state index >= 15 is 0 Å². The number of carbonyl (C=O) groups excluding carboxylic acids is 2. The van der Waals surface area contributed by atoms with Crippen molar-refractivity contribution in [3.05, 3.63) is 78.4 Å². The average molecular weight is 516 g/mol. The van der Waals surface area contributed by atoms with Gasteiger partial charge < -0.3 is 14.8 Å². The Morgan fingerprint density at radius 2 is 1.68 bits per heavy atom. The van der Waals surface area contributed by atoms with Gasteiger partial charge in [-0.1, -0.05) is 61.5 Å². The maximum absolute atomic E-state index is 14.1. The summed E-state index contributed by atoms with van der Waals surface area (Å²) in [5, 5.41) is 11.4. The third-order valence-electron chi connectivity index (χ3n) is 6.26. The van der Waals surface area contributed by atoms with E-state index in [0.29, 0.717) is 40.7 Å². The van der Waals surface area contributed by atoms with Crippen LogP contribution in [0.3, 0.4) is 0 Å². The van der Waals surface area contributed by atoms with Gasteiger partial charge in [0, 0.05) is 17.8 Å². The van der Waals surface area contributed by atoms with Gasteiger partial charge in [0.25, 0.3) is 0 Å². The molecule has 198 valence electrons. The summed E-state index contributed by atoms with van der Waals surface area (Å²) < 4.78 is 12.8. The minimum absolute atomic E-state index is 0.114. The van der Waals surface area contributed by atoms with Crippen molar-refractivity contribution in [2.45, 2.75) is 32.9 Å². The van der Waals surface area contributed by atoms with Crippen molar-refractivity contribution in [3.63, 3.8) is 0 Å². The number of amides is 2. The number of anilines is 1. The monoisotopic (exact) mass is 515 g/mol. The number of para-hydroxylation sites is 3. The molecule has 38 heavy (non-hydrogen) atoms. The number of nitrogens with one attached hydrogen (secondary N) is 1. The average Bonchev–Trinajstić information content (AvgIpc) is 3.33. The Morgan fingerprint density at radius 3 is 2.39 bits per heavy atom. The third-order valence-corrected chi connectivity index (χ3v) is 6.26. The molecule has 0 aliphatic carbocycles. The van der Waals surface area contributed by atoms with E-state index in [-0.39, 0.29) is 18.4 Å². The normalized spacial score (nSPS) is 11.8. The second-order valence-electron chi connectivity index (χ2n) is 9.29. The van der Waals surface area contributed by atoms with Crippen LogP contribution in [0, 0.1) is 5.92 Å². The minimum Gasteiger partial charge on any atom is -0.493 e. The number of methoxy groups -OCH3 is 2. The van der Waals surface area contributed by atoms with Crippen LogP contribution in [0.15, 0.2) is 72.8 Å². The van der Waals surface area contributed by atoms with Crippen molar-refractivity contribution in [1.82, 2.24) is 20.3 Å². The molecule has 0 saturated carbocycles. The fourth-order valence-corrected chi connectivity index (χ4v) is 4.37. The van der Waals surface area contributed by atoms with Crippen LogP contribution in [0.25, 0.3) is 11.0 Å². The summed E-state index contributed by atoms with van der Waals surface area (Å²) >= 11 is 0. The van der Waals surface area contributed by atoms with Crippen LogP contribution < -0.4 is 19.7 Å². The van der Waals surface area contributed by atoms with Gasteiger partial charge in [-0.05, 0) is 42.7 Å². The van der Waals surface area contributed by atoms with Crippen LogP contribution in [-0.4, -0.2) is 47.6 Å². The lowest BCUT2D eigenvalue weighted by Gasteiger charge is -2.32. The van der Waals surface area contributed by atoms with Gasteiger partial charge in [-0.3, -0.25) is 14.5 Å². The van der Waals surface area contributed by atoms with E-state index in [1.807, 2.05) is 42.5 Å². The Hall–Kier alpha value is -4.40. The van der Waals surface area contributed by atoms with Crippen LogP contribution in [-0.2, 0) is 16.1 Å². The van der Waals surface area contributed by atoms with Gasteiger partial charge in [0.05, 0.1) is 19.7 Å². The summed E-state index contributed by atoms with van der Waals surface area (Å²) in [5.74, 6) is 0.609. The van der Waals surface area contributed by atoms with Crippen molar-refractivity contribution in [1.29, 1.82) is 0 Å². The highest BCUT2D eigenvalue weighted by atomic mass is 16.5. The lowest BCUT2D eigenvalue weighted by Crippen LogP contribution is -2.45. The molecule has 3 aromatic carbocycles. The van der Waals surface area contributed by atoms with E-state index in [1.54, 1.807) is 35.0 Å². The molecule has 0 unspecified atom stereocenters. The minimum atomic E-state index is -1.03. The lowest BCUT2D eigenvalue weighted by atomic mass is 10.0. The number of carbonyl (C=O) groups is 2. The number of aromatic nitrogens is 3. The van der Waals surface area contributed by atoms with E-state index < -0.39 is 6.04 Å². The Labute approximate surface area is 222 Å². The second-order valence-corrected chi connectivity index (χ2v) is 9.29. The van der Waals surface area contributed by atoms with Gasteiger partial charge in [-0.25, -0.2) is 4.68 Å². The van der Waals surface area contributed by atoms with E-state index in [1.165, 1.54) is 19.1 Å². The number of hydrogen-bond acceptors (Lipinski definition) is 6. The number of benzene rings is 3. The first-order valence-corrected chi connectivity index (χ1v) is 12.6. The summed E-state index contributed by atoms with van der Waals surface area (Å²) in [7, 11) is 3.06. The van der Waals surface area contributed by atoms with Crippen LogP contribution in [0.1, 0.15) is 31.9 Å². The lowest BCUT2D eigenvalue weighted by molar-refractivity contribution is -0.127. The summed E-state index contributed by atoms with van der Waals surface area (Å²) in [4.78, 5) is 29.5. The fourth-order valence-electron chi connectivity index (χ4n) is 4.37. The van der Waals surface area contributed by atoms with Crippen molar-refractivity contribution >= 4 is 28.5 Å². The van der Waals surface area contributed by atoms with Crippen LogP contribution in [0.2, 0.25) is 0 Å². The van der Waals surface area contributed by atoms with Gasteiger partial charge >= 0.3 is 0 Å². The molecule has 0 bridgehead atoms. The van der Waals surface area contributed by atoms with Crippen molar-refractivity contribution in [2.75, 3.05) is 25.7 Å². The molecule has 0 spiro atoms. The highest BCUT2D eigenvalue weighted by molar-refractivity contribution is 6.02. The molecule has 0 saturated heterocycles. The molecule has 4 aromatic rings. The third kappa shape index (κ3) is 5.77. The highest BCUT2D eigenvalue weighted by Crippen LogP contribution is 2.39. The summed E-state index contributed by atoms with van der Waals surface area (Å²) in [6, 6.07) is 20.8. The summed E-state index contributed by atoms with van der Waals surface area (Å²) in [6.07, 6.45) is 0.804. The van der Waals surface area contributed by atoms with Gasteiger partial charge in [0.1, 0.15) is 18.1 Å². The summed E-state index contributed by atoms with van der Waals surface area (Å²) in [5.41, 5.74) is 2.49. The molecule has 9 nitrogen and oxygen atoms in total. The van der Waals surface area contributed by atoms with Gasteiger partial charge in [0.2, 0.25) is 11.8 Å². The largest absolute Gasteiger partial charge is 0.493 e. The quantitative estimate of drug-likeness (QED) is 0.318.